The molecule has 1 aromatic rings. The molecule has 0 fully saturated rings. The molecule has 0 unspecified atom stereocenters. The molecule has 0 bridgehead atoms. The summed E-state index contributed by atoms with van der Waals surface area (Å²) < 4.78 is 0.387. The first kappa shape index (κ1) is 10.3. The van der Waals surface area contributed by atoms with Gasteiger partial charge in [0, 0.05) is 11.6 Å². The molecule has 0 aliphatic heterocycles. The Hall–Kier alpha value is -0.740. The molecule has 3 N–H and O–H groups in total. The van der Waals surface area contributed by atoms with Crippen LogP contribution in [0.5, 0.6) is 0 Å². The summed E-state index contributed by atoms with van der Waals surface area (Å²) in [5, 5.41) is 8.86. The van der Waals surface area contributed by atoms with Gasteiger partial charge in [0.2, 0.25) is 0 Å². The normalized spacial score (nSPS) is 10.0. The third-order valence-electron chi connectivity index (χ3n) is 1.62. The van der Waals surface area contributed by atoms with Gasteiger partial charge in [0.1, 0.15) is 0 Å². The minimum absolute atomic E-state index is 0.134. The van der Waals surface area contributed by atoms with Crippen molar-refractivity contribution in [2.24, 2.45) is 0 Å². The van der Waals surface area contributed by atoms with E-state index in [0.29, 0.717) is 15.7 Å². The fourth-order valence-electron chi connectivity index (χ4n) is 0.975. The Morgan fingerprint density at radius 2 is 2.23 bits per heavy atom. The van der Waals surface area contributed by atoms with Crippen LogP contribution in [0.25, 0.3) is 0 Å². The zero-order chi connectivity index (χ0) is 10.0. The topological polar surface area (TPSA) is 63.3 Å². The number of nitrogens with two attached hydrogens (primary N) is 1. The molecule has 0 saturated heterocycles. The molecule has 0 saturated carbocycles. The van der Waals surface area contributed by atoms with E-state index in [2.05, 4.69) is 15.9 Å². The van der Waals surface area contributed by atoms with E-state index >= 15 is 0 Å². The monoisotopic (exact) mass is 263 g/mol. The van der Waals surface area contributed by atoms with Crippen LogP contribution in [-0.2, 0) is 5.88 Å². The fraction of sp³-hybridized carbons (Fsp3) is 0.125. The number of hydrogen-bond acceptors (Lipinski definition) is 2. The first-order valence-corrected chi connectivity index (χ1v) is 4.76. The molecule has 0 amide bonds. The van der Waals surface area contributed by atoms with Crippen molar-refractivity contribution in [1.29, 1.82) is 0 Å². The van der Waals surface area contributed by atoms with Crippen molar-refractivity contribution < 1.29 is 9.90 Å². The molecule has 0 aromatic heterocycles. The van der Waals surface area contributed by atoms with Gasteiger partial charge >= 0.3 is 5.97 Å². The first-order chi connectivity index (χ1) is 6.07. The summed E-state index contributed by atoms with van der Waals surface area (Å²) >= 11 is 8.68. The Kier molecular flexibility index (Phi) is 3.17. The summed E-state index contributed by atoms with van der Waals surface area (Å²) in [6.07, 6.45) is 0. The van der Waals surface area contributed by atoms with Crippen LogP contribution >= 0.6 is 27.5 Å². The van der Waals surface area contributed by atoms with Crippen molar-refractivity contribution in [2.75, 3.05) is 5.73 Å². The number of rotatable bonds is 2. The standard InChI is InChI=1S/C8H7BrClNO2/c9-7-5(11)2-1-4(3-10)6(7)8(12)13/h1-2H,3,11H2,(H,12,13). The van der Waals surface area contributed by atoms with Gasteiger partial charge in [0.25, 0.3) is 0 Å². The Bertz CT molecular complexity index is 354. The van der Waals surface area contributed by atoms with Gasteiger partial charge in [0.05, 0.1) is 10.0 Å². The molecule has 0 aliphatic rings. The van der Waals surface area contributed by atoms with Gasteiger partial charge in [-0.15, -0.1) is 11.6 Å². The van der Waals surface area contributed by atoms with Crippen molar-refractivity contribution in [3.63, 3.8) is 0 Å². The molecule has 3 nitrogen and oxygen atoms in total. The third-order valence-corrected chi connectivity index (χ3v) is 2.76. The third kappa shape index (κ3) is 1.95. The maximum atomic E-state index is 10.8. The molecule has 5 heteroatoms. The van der Waals surface area contributed by atoms with Crippen LogP contribution in [0.1, 0.15) is 15.9 Å². The van der Waals surface area contributed by atoms with Crippen molar-refractivity contribution in [3.8, 4) is 0 Å². The summed E-state index contributed by atoms with van der Waals surface area (Å²) in [5.41, 5.74) is 6.61. The number of carboxylic acids is 1. The Labute approximate surface area is 88.6 Å². The SMILES string of the molecule is Nc1ccc(CCl)c(C(=O)O)c1Br. The minimum Gasteiger partial charge on any atom is -0.478 e. The highest BCUT2D eigenvalue weighted by atomic mass is 79.9. The van der Waals surface area contributed by atoms with Gasteiger partial charge in [-0.05, 0) is 27.6 Å². The highest BCUT2D eigenvalue weighted by molar-refractivity contribution is 9.10. The molecular formula is C8H7BrClNO2. The van der Waals surface area contributed by atoms with Crippen LogP contribution in [-0.4, -0.2) is 11.1 Å². The minimum atomic E-state index is -1.03. The van der Waals surface area contributed by atoms with Crippen LogP contribution in [0.3, 0.4) is 0 Å². The zero-order valence-corrected chi connectivity index (χ0v) is 8.89. The highest BCUT2D eigenvalue weighted by Gasteiger charge is 2.15. The summed E-state index contributed by atoms with van der Waals surface area (Å²) in [7, 11) is 0. The molecule has 70 valence electrons. The van der Waals surface area contributed by atoms with E-state index < -0.39 is 5.97 Å². The lowest BCUT2D eigenvalue weighted by molar-refractivity contribution is 0.0695. The molecule has 13 heavy (non-hydrogen) atoms. The van der Waals surface area contributed by atoms with E-state index in [-0.39, 0.29) is 11.4 Å². The summed E-state index contributed by atoms with van der Waals surface area (Å²) in [4.78, 5) is 10.8. The highest BCUT2D eigenvalue weighted by Crippen LogP contribution is 2.28. The van der Waals surface area contributed by atoms with Crippen LogP contribution in [0.4, 0.5) is 5.69 Å². The van der Waals surface area contributed by atoms with E-state index in [0.717, 1.165) is 0 Å². The van der Waals surface area contributed by atoms with E-state index in [4.69, 9.17) is 22.4 Å². The molecule has 0 aliphatic carbocycles. The fourth-order valence-corrected chi connectivity index (χ4v) is 1.75. The number of aromatic carboxylic acids is 1. The predicted octanol–water partition coefficient (Wildman–Crippen LogP) is 2.47. The Morgan fingerprint density at radius 3 is 2.69 bits per heavy atom. The van der Waals surface area contributed by atoms with Crippen LogP contribution in [0.2, 0.25) is 0 Å². The van der Waals surface area contributed by atoms with Crippen molar-refractivity contribution in [1.82, 2.24) is 0 Å². The number of halogens is 2. The summed E-state index contributed by atoms with van der Waals surface area (Å²) in [6, 6.07) is 3.23. The first-order valence-electron chi connectivity index (χ1n) is 3.44. The second-order valence-corrected chi connectivity index (χ2v) is 3.50. The van der Waals surface area contributed by atoms with E-state index in [1.54, 1.807) is 12.1 Å². The molecule has 0 atom stereocenters. The second-order valence-electron chi connectivity index (χ2n) is 2.44. The van der Waals surface area contributed by atoms with Crippen molar-refractivity contribution >= 4 is 39.2 Å². The van der Waals surface area contributed by atoms with Gasteiger partial charge in [0.15, 0.2) is 0 Å². The average Bonchev–Trinajstić information content (AvgIpc) is 2.08. The molecule has 1 aromatic carbocycles. The van der Waals surface area contributed by atoms with Crippen LogP contribution in [0.15, 0.2) is 16.6 Å². The van der Waals surface area contributed by atoms with Crippen LogP contribution in [0, 0.1) is 0 Å². The number of anilines is 1. The lowest BCUT2D eigenvalue weighted by Crippen LogP contribution is -2.04. The number of hydrogen-bond donors (Lipinski definition) is 2. The number of carboxylic acid groups (broad SMARTS) is 1. The molecule has 1 rings (SSSR count). The van der Waals surface area contributed by atoms with Crippen molar-refractivity contribution in [2.45, 2.75) is 5.88 Å². The molecular weight excluding hydrogens is 257 g/mol. The average molecular weight is 265 g/mol. The molecule has 0 spiro atoms. The van der Waals surface area contributed by atoms with Gasteiger partial charge in [-0.1, -0.05) is 6.07 Å². The van der Waals surface area contributed by atoms with Crippen LogP contribution < -0.4 is 5.73 Å². The molecule has 0 heterocycles. The largest absolute Gasteiger partial charge is 0.478 e. The lowest BCUT2D eigenvalue weighted by atomic mass is 10.1. The number of nitrogen functional groups attached to an aromatic ring is 1. The quantitative estimate of drug-likeness (QED) is 0.637. The van der Waals surface area contributed by atoms with Gasteiger partial charge < -0.3 is 10.8 Å². The maximum Gasteiger partial charge on any atom is 0.337 e. The summed E-state index contributed by atoms with van der Waals surface area (Å²) in [6.45, 7) is 0. The molecule has 0 radical (unpaired) electrons. The van der Waals surface area contributed by atoms with E-state index in [1.165, 1.54) is 0 Å². The lowest BCUT2D eigenvalue weighted by Gasteiger charge is -2.06. The van der Waals surface area contributed by atoms with Gasteiger partial charge in [-0.25, -0.2) is 4.79 Å². The Morgan fingerprint density at radius 1 is 1.62 bits per heavy atom. The maximum absolute atomic E-state index is 10.8. The second kappa shape index (κ2) is 3.98. The smallest absolute Gasteiger partial charge is 0.337 e. The number of alkyl halides is 1. The van der Waals surface area contributed by atoms with Crippen molar-refractivity contribution in [3.05, 3.63) is 27.7 Å². The van der Waals surface area contributed by atoms with E-state index in [9.17, 15) is 4.79 Å². The number of benzene rings is 1. The number of carbonyl (C=O) groups is 1. The Balaban J connectivity index is 3.41. The summed E-state index contributed by atoms with van der Waals surface area (Å²) in [5.74, 6) is -0.879. The van der Waals surface area contributed by atoms with E-state index in [1.807, 2.05) is 0 Å². The van der Waals surface area contributed by atoms with Gasteiger partial charge in [-0.3, -0.25) is 0 Å². The predicted molar refractivity (Wildman–Crippen MR) is 55.1 cm³/mol. The zero-order valence-electron chi connectivity index (χ0n) is 6.55. The van der Waals surface area contributed by atoms with Gasteiger partial charge in [-0.2, -0.15) is 0 Å².